The first kappa shape index (κ1) is 17.2. The molecule has 0 N–H and O–H groups in total. The molecule has 1 rings (SSSR count). The molecule has 116 valence electrons. The fraction of sp³-hybridized carbons (Fsp3) is 0.882. The zero-order valence-corrected chi connectivity index (χ0v) is 13.7. The van der Waals surface area contributed by atoms with E-state index in [0.29, 0.717) is 5.92 Å². The molecule has 20 heavy (non-hydrogen) atoms. The van der Waals surface area contributed by atoms with E-state index in [-0.39, 0.29) is 5.97 Å². The normalized spacial score (nSPS) is 21.4. The largest absolute Gasteiger partial charge is 0.340 e. The summed E-state index contributed by atoms with van der Waals surface area (Å²) in [4.78, 5) is 16.8. The van der Waals surface area contributed by atoms with Crippen molar-refractivity contribution in [2.45, 2.75) is 85.5 Å². The van der Waals surface area contributed by atoms with E-state index in [2.05, 4.69) is 12.1 Å². The summed E-state index contributed by atoms with van der Waals surface area (Å²) >= 11 is 0. The van der Waals surface area contributed by atoms with Crippen LogP contribution in [-0.2, 0) is 9.63 Å². The Morgan fingerprint density at radius 3 is 2.60 bits per heavy atom. The van der Waals surface area contributed by atoms with Crippen molar-refractivity contribution >= 4 is 11.7 Å². The van der Waals surface area contributed by atoms with E-state index in [0.717, 1.165) is 12.1 Å². The molecule has 0 aromatic carbocycles. The molecule has 1 aliphatic rings. The maximum atomic E-state index is 11.7. The minimum Gasteiger partial charge on any atom is -0.318 e. The van der Waals surface area contributed by atoms with Gasteiger partial charge in [0, 0.05) is 5.92 Å². The minimum atomic E-state index is -0.474. The van der Waals surface area contributed by atoms with E-state index >= 15 is 0 Å². The van der Waals surface area contributed by atoms with Gasteiger partial charge in [0.15, 0.2) is 0 Å². The SMILES string of the molecule is CCCCCCC[C@H]1CCC/C1=N/OC(=O)C(C)(C)C. The summed E-state index contributed by atoms with van der Waals surface area (Å²) in [5.74, 6) is 0.308. The van der Waals surface area contributed by atoms with Gasteiger partial charge in [-0.05, 0) is 46.5 Å². The fourth-order valence-corrected chi connectivity index (χ4v) is 2.56. The van der Waals surface area contributed by atoms with Gasteiger partial charge in [-0.3, -0.25) is 0 Å². The highest BCUT2D eigenvalue weighted by Gasteiger charge is 2.26. The van der Waals surface area contributed by atoms with Crippen molar-refractivity contribution in [2.24, 2.45) is 16.5 Å². The minimum absolute atomic E-state index is 0.237. The summed E-state index contributed by atoms with van der Waals surface area (Å²) in [6.45, 7) is 7.81. The van der Waals surface area contributed by atoms with Gasteiger partial charge in [0.1, 0.15) is 0 Å². The number of oxime groups is 1. The average molecular weight is 281 g/mol. The Kier molecular flexibility index (Phi) is 7.25. The maximum Gasteiger partial charge on any atom is 0.340 e. The Morgan fingerprint density at radius 1 is 1.25 bits per heavy atom. The number of carbonyl (C=O) groups excluding carboxylic acids is 1. The molecule has 0 amide bonds. The highest BCUT2D eigenvalue weighted by atomic mass is 16.7. The number of carbonyl (C=O) groups is 1. The molecule has 0 aliphatic heterocycles. The second-order valence-corrected chi connectivity index (χ2v) is 7.00. The highest BCUT2D eigenvalue weighted by molar-refractivity contribution is 5.88. The van der Waals surface area contributed by atoms with Gasteiger partial charge in [-0.15, -0.1) is 0 Å². The van der Waals surface area contributed by atoms with E-state index < -0.39 is 5.41 Å². The van der Waals surface area contributed by atoms with Crippen molar-refractivity contribution < 1.29 is 9.63 Å². The second-order valence-electron chi connectivity index (χ2n) is 7.00. The molecule has 0 unspecified atom stereocenters. The first-order chi connectivity index (χ1) is 9.45. The third kappa shape index (κ3) is 6.06. The summed E-state index contributed by atoms with van der Waals surface area (Å²) < 4.78 is 0. The van der Waals surface area contributed by atoms with Gasteiger partial charge < -0.3 is 4.84 Å². The molecule has 3 heteroatoms. The first-order valence-electron chi connectivity index (χ1n) is 8.23. The Bertz CT molecular complexity index is 328. The summed E-state index contributed by atoms with van der Waals surface area (Å²) in [7, 11) is 0. The van der Waals surface area contributed by atoms with Crippen molar-refractivity contribution in [3.05, 3.63) is 0 Å². The van der Waals surface area contributed by atoms with Gasteiger partial charge in [0.25, 0.3) is 0 Å². The van der Waals surface area contributed by atoms with Crippen molar-refractivity contribution in [3.8, 4) is 0 Å². The summed E-state index contributed by atoms with van der Waals surface area (Å²) in [5, 5.41) is 4.15. The molecule has 1 aliphatic carbocycles. The summed E-state index contributed by atoms with van der Waals surface area (Å²) in [6, 6.07) is 0. The smallest absolute Gasteiger partial charge is 0.318 e. The van der Waals surface area contributed by atoms with Crippen LogP contribution >= 0.6 is 0 Å². The van der Waals surface area contributed by atoms with E-state index in [1.165, 1.54) is 51.4 Å². The van der Waals surface area contributed by atoms with Crippen LogP contribution < -0.4 is 0 Å². The highest BCUT2D eigenvalue weighted by Crippen LogP contribution is 2.28. The van der Waals surface area contributed by atoms with Crippen LogP contribution in [0.2, 0.25) is 0 Å². The molecule has 1 saturated carbocycles. The van der Waals surface area contributed by atoms with Gasteiger partial charge in [0.05, 0.1) is 11.1 Å². The van der Waals surface area contributed by atoms with E-state index in [9.17, 15) is 4.79 Å². The summed E-state index contributed by atoms with van der Waals surface area (Å²) in [5.41, 5.74) is 0.635. The second kappa shape index (κ2) is 8.43. The Morgan fingerprint density at radius 2 is 1.95 bits per heavy atom. The van der Waals surface area contributed by atoms with Gasteiger partial charge in [-0.25, -0.2) is 4.79 Å². The van der Waals surface area contributed by atoms with E-state index in [4.69, 9.17) is 4.84 Å². The van der Waals surface area contributed by atoms with Crippen molar-refractivity contribution in [1.29, 1.82) is 0 Å². The van der Waals surface area contributed by atoms with Crippen molar-refractivity contribution in [3.63, 3.8) is 0 Å². The third-order valence-corrected chi connectivity index (χ3v) is 3.97. The predicted molar refractivity (Wildman–Crippen MR) is 83.7 cm³/mol. The molecular weight excluding hydrogens is 250 g/mol. The monoisotopic (exact) mass is 281 g/mol. The van der Waals surface area contributed by atoms with E-state index in [1.807, 2.05) is 20.8 Å². The molecule has 3 nitrogen and oxygen atoms in total. The Balaban J connectivity index is 2.35. The van der Waals surface area contributed by atoms with Crippen LogP contribution in [0.1, 0.15) is 85.5 Å². The molecule has 0 aromatic rings. The quantitative estimate of drug-likeness (QED) is 0.370. The van der Waals surface area contributed by atoms with Gasteiger partial charge >= 0.3 is 5.97 Å². The molecule has 0 spiro atoms. The Labute approximate surface area is 124 Å². The van der Waals surface area contributed by atoms with Crippen LogP contribution in [-0.4, -0.2) is 11.7 Å². The number of rotatable bonds is 7. The number of hydrogen-bond donors (Lipinski definition) is 0. The van der Waals surface area contributed by atoms with Crippen molar-refractivity contribution in [1.82, 2.24) is 0 Å². The predicted octanol–water partition coefficient (Wildman–Crippen LogP) is 5.09. The molecule has 0 bridgehead atoms. The lowest BCUT2D eigenvalue weighted by Crippen LogP contribution is -2.22. The first-order valence-corrected chi connectivity index (χ1v) is 8.23. The molecule has 0 saturated heterocycles. The van der Waals surface area contributed by atoms with Crippen LogP contribution in [0, 0.1) is 11.3 Å². The topological polar surface area (TPSA) is 38.7 Å². The molecule has 0 heterocycles. The van der Waals surface area contributed by atoms with Crippen LogP contribution in [0.15, 0.2) is 5.16 Å². The number of nitrogens with zero attached hydrogens (tertiary/aromatic N) is 1. The third-order valence-electron chi connectivity index (χ3n) is 3.97. The van der Waals surface area contributed by atoms with Crippen LogP contribution in [0.25, 0.3) is 0 Å². The van der Waals surface area contributed by atoms with Gasteiger partial charge in [0.2, 0.25) is 0 Å². The van der Waals surface area contributed by atoms with Gasteiger partial charge in [-0.1, -0.05) is 44.2 Å². The average Bonchev–Trinajstić information content (AvgIpc) is 2.82. The molecule has 0 aromatic heterocycles. The lowest BCUT2D eigenvalue weighted by molar-refractivity contribution is -0.153. The lowest BCUT2D eigenvalue weighted by atomic mass is 9.97. The van der Waals surface area contributed by atoms with Crippen LogP contribution in [0.5, 0.6) is 0 Å². The molecule has 1 atom stereocenters. The lowest BCUT2D eigenvalue weighted by Gasteiger charge is -2.14. The number of unbranched alkanes of at least 4 members (excludes halogenated alkanes) is 4. The zero-order valence-electron chi connectivity index (χ0n) is 13.7. The molecular formula is C17H31NO2. The van der Waals surface area contributed by atoms with Crippen molar-refractivity contribution in [2.75, 3.05) is 0 Å². The maximum absolute atomic E-state index is 11.7. The zero-order chi connectivity index (χ0) is 15.0. The molecule has 0 radical (unpaired) electrons. The van der Waals surface area contributed by atoms with Crippen LogP contribution in [0.3, 0.4) is 0 Å². The van der Waals surface area contributed by atoms with E-state index in [1.54, 1.807) is 0 Å². The summed E-state index contributed by atoms with van der Waals surface area (Å²) in [6.07, 6.45) is 11.2. The van der Waals surface area contributed by atoms with Crippen LogP contribution in [0.4, 0.5) is 0 Å². The fourth-order valence-electron chi connectivity index (χ4n) is 2.56. The number of hydrogen-bond acceptors (Lipinski definition) is 3. The molecule has 1 fully saturated rings. The standard InChI is InChI=1S/C17H31NO2/c1-5-6-7-8-9-11-14-12-10-13-15(14)18-20-16(19)17(2,3)4/h14H,5-13H2,1-4H3/b18-15-/t14-/m0/s1. The Hall–Kier alpha value is -0.860. The van der Waals surface area contributed by atoms with Gasteiger partial charge in [-0.2, -0.15) is 0 Å².